The Balaban J connectivity index is 2.75. The zero-order chi connectivity index (χ0) is 14.0. The normalized spacial score (nSPS) is 18.3. The highest BCUT2D eigenvalue weighted by Crippen LogP contribution is 2.31. The fourth-order valence-corrected chi connectivity index (χ4v) is 2.30. The van der Waals surface area contributed by atoms with Gasteiger partial charge in [-0.2, -0.15) is 0 Å². The Labute approximate surface area is 109 Å². The van der Waals surface area contributed by atoms with Crippen LogP contribution in [0, 0.1) is 0 Å². The number of amides is 2. The van der Waals surface area contributed by atoms with E-state index in [1.54, 1.807) is 14.1 Å². The van der Waals surface area contributed by atoms with E-state index in [0.717, 1.165) is 12.8 Å². The van der Waals surface area contributed by atoms with Gasteiger partial charge >= 0.3 is 6.09 Å². The summed E-state index contributed by atoms with van der Waals surface area (Å²) in [5, 5.41) is 2.78. The van der Waals surface area contributed by atoms with Crippen LogP contribution < -0.4 is 5.32 Å². The third kappa shape index (κ3) is 3.62. The fourth-order valence-electron chi connectivity index (χ4n) is 2.30. The first-order valence-corrected chi connectivity index (χ1v) is 6.39. The number of hydrogen-bond donors (Lipinski definition) is 1. The van der Waals surface area contributed by atoms with Crippen molar-refractivity contribution in [1.29, 1.82) is 0 Å². The van der Waals surface area contributed by atoms with Gasteiger partial charge in [0.2, 0.25) is 5.91 Å². The standard InChI is InChI=1S/C13H24N2O3/c1-12(2,3)18-11(17)14-13(8-6-7-9-13)10(16)15(4)5/h6-9H2,1-5H3,(H,14,17). The van der Waals surface area contributed by atoms with Crippen molar-refractivity contribution in [3.05, 3.63) is 0 Å². The molecule has 0 aliphatic heterocycles. The lowest BCUT2D eigenvalue weighted by molar-refractivity contribution is -0.135. The van der Waals surface area contributed by atoms with Gasteiger partial charge in [-0.15, -0.1) is 0 Å². The Morgan fingerprint density at radius 3 is 2.06 bits per heavy atom. The van der Waals surface area contributed by atoms with Crippen molar-refractivity contribution in [3.8, 4) is 0 Å². The third-order valence-corrected chi connectivity index (χ3v) is 3.01. The van der Waals surface area contributed by atoms with E-state index in [4.69, 9.17) is 4.74 Å². The molecule has 0 aromatic rings. The predicted octanol–water partition coefficient (Wildman–Crippen LogP) is 1.91. The molecule has 5 nitrogen and oxygen atoms in total. The first kappa shape index (κ1) is 14.8. The molecule has 2 amide bonds. The lowest BCUT2D eigenvalue weighted by atomic mass is 9.96. The summed E-state index contributed by atoms with van der Waals surface area (Å²) in [6, 6.07) is 0. The molecule has 1 aliphatic rings. The maximum Gasteiger partial charge on any atom is 0.408 e. The molecule has 104 valence electrons. The Morgan fingerprint density at radius 1 is 1.17 bits per heavy atom. The third-order valence-electron chi connectivity index (χ3n) is 3.01. The highest BCUT2D eigenvalue weighted by Gasteiger charge is 2.44. The van der Waals surface area contributed by atoms with E-state index in [1.807, 2.05) is 20.8 Å². The largest absolute Gasteiger partial charge is 0.444 e. The summed E-state index contributed by atoms with van der Waals surface area (Å²) < 4.78 is 5.23. The van der Waals surface area contributed by atoms with Gasteiger partial charge in [0.25, 0.3) is 0 Å². The van der Waals surface area contributed by atoms with Crippen LogP contribution in [-0.2, 0) is 9.53 Å². The second-order valence-corrected chi connectivity index (χ2v) is 6.12. The molecule has 0 spiro atoms. The average Bonchev–Trinajstić information content (AvgIpc) is 2.62. The van der Waals surface area contributed by atoms with E-state index < -0.39 is 17.2 Å². The summed E-state index contributed by atoms with van der Waals surface area (Å²) in [6.45, 7) is 5.42. The van der Waals surface area contributed by atoms with Crippen molar-refractivity contribution in [3.63, 3.8) is 0 Å². The lowest BCUT2D eigenvalue weighted by Gasteiger charge is -2.32. The maximum atomic E-state index is 12.2. The maximum absolute atomic E-state index is 12.2. The van der Waals surface area contributed by atoms with Gasteiger partial charge < -0.3 is 15.0 Å². The van der Waals surface area contributed by atoms with Gasteiger partial charge in [0, 0.05) is 14.1 Å². The van der Waals surface area contributed by atoms with E-state index in [1.165, 1.54) is 4.90 Å². The number of carbonyl (C=O) groups is 2. The van der Waals surface area contributed by atoms with Crippen LogP contribution in [0.25, 0.3) is 0 Å². The van der Waals surface area contributed by atoms with Gasteiger partial charge in [-0.25, -0.2) is 4.79 Å². The van der Waals surface area contributed by atoms with E-state index in [-0.39, 0.29) is 5.91 Å². The topological polar surface area (TPSA) is 58.6 Å². The van der Waals surface area contributed by atoms with Crippen LogP contribution in [0.2, 0.25) is 0 Å². The van der Waals surface area contributed by atoms with Crippen molar-refractivity contribution in [2.75, 3.05) is 14.1 Å². The summed E-state index contributed by atoms with van der Waals surface area (Å²) in [4.78, 5) is 25.6. The Morgan fingerprint density at radius 2 is 1.67 bits per heavy atom. The van der Waals surface area contributed by atoms with Crippen LogP contribution >= 0.6 is 0 Å². The predicted molar refractivity (Wildman–Crippen MR) is 69.3 cm³/mol. The molecule has 0 aromatic carbocycles. The van der Waals surface area contributed by atoms with Crippen molar-refractivity contribution < 1.29 is 14.3 Å². The van der Waals surface area contributed by atoms with E-state index in [0.29, 0.717) is 12.8 Å². The number of likely N-dealkylation sites (N-methyl/N-ethyl adjacent to an activating group) is 1. The van der Waals surface area contributed by atoms with Crippen molar-refractivity contribution in [2.24, 2.45) is 0 Å². The average molecular weight is 256 g/mol. The quantitative estimate of drug-likeness (QED) is 0.821. The smallest absolute Gasteiger partial charge is 0.408 e. The van der Waals surface area contributed by atoms with E-state index >= 15 is 0 Å². The molecule has 1 N–H and O–H groups in total. The molecule has 1 saturated carbocycles. The number of alkyl carbamates (subject to hydrolysis) is 1. The molecule has 1 aliphatic carbocycles. The Hall–Kier alpha value is -1.26. The first-order valence-electron chi connectivity index (χ1n) is 6.39. The van der Waals surface area contributed by atoms with Gasteiger partial charge in [0.1, 0.15) is 11.1 Å². The summed E-state index contributed by atoms with van der Waals surface area (Å²) in [5.74, 6) is -0.0501. The van der Waals surface area contributed by atoms with Crippen LogP contribution in [-0.4, -0.2) is 42.1 Å². The van der Waals surface area contributed by atoms with Crippen LogP contribution in [0.4, 0.5) is 4.79 Å². The van der Waals surface area contributed by atoms with Crippen molar-refractivity contribution >= 4 is 12.0 Å². The monoisotopic (exact) mass is 256 g/mol. The molecule has 18 heavy (non-hydrogen) atoms. The minimum absolute atomic E-state index is 0.0501. The molecule has 0 bridgehead atoms. The fraction of sp³-hybridized carbons (Fsp3) is 0.846. The van der Waals surface area contributed by atoms with Crippen LogP contribution in [0.3, 0.4) is 0 Å². The molecular weight excluding hydrogens is 232 g/mol. The second-order valence-electron chi connectivity index (χ2n) is 6.12. The van der Waals surface area contributed by atoms with Gasteiger partial charge in [-0.3, -0.25) is 4.79 Å². The molecule has 0 radical (unpaired) electrons. The van der Waals surface area contributed by atoms with Gasteiger partial charge in [0.05, 0.1) is 0 Å². The van der Waals surface area contributed by atoms with Crippen LogP contribution in [0.15, 0.2) is 0 Å². The highest BCUT2D eigenvalue weighted by molar-refractivity contribution is 5.90. The summed E-state index contributed by atoms with van der Waals surface area (Å²) in [6.07, 6.45) is 2.76. The minimum atomic E-state index is -0.772. The summed E-state index contributed by atoms with van der Waals surface area (Å²) >= 11 is 0. The zero-order valence-electron chi connectivity index (χ0n) is 12.0. The molecule has 5 heteroatoms. The molecule has 0 atom stereocenters. The molecule has 0 aromatic heterocycles. The number of nitrogens with zero attached hydrogens (tertiary/aromatic N) is 1. The zero-order valence-corrected chi connectivity index (χ0v) is 12.0. The second kappa shape index (κ2) is 5.16. The first-order chi connectivity index (χ1) is 8.16. The number of rotatable bonds is 2. The Kier molecular flexibility index (Phi) is 4.24. The van der Waals surface area contributed by atoms with Crippen molar-refractivity contribution in [2.45, 2.75) is 57.6 Å². The number of nitrogens with one attached hydrogen (secondary N) is 1. The molecule has 1 fully saturated rings. The van der Waals surface area contributed by atoms with Gasteiger partial charge in [-0.1, -0.05) is 12.8 Å². The van der Waals surface area contributed by atoms with E-state index in [2.05, 4.69) is 5.32 Å². The van der Waals surface area contributed by atoms with E-state index in [9.17, 15) is 9.59 Å². The summed E-state index contributed by atoms with van der Waals surface area (Å²) in [7, 11) is 3.42. The minimum Gasteiger partial charge on any atom is -0.444 e. The summed E-state index contributed by atoms with van der Waals surface area (Å²) in [5.41, 5.74) is -1.32. The molecule has 0 saturated heterocycles. The lowest BCUT2D eigenvalue weighted by Crippen LogP contribution is -2.57. The van der Waals surface area contributed by atoms with Crippen molar-refractivity contribution in [1.82, 2.24) is 10.2 Å². The molecule has 1 rings (SSSR count). The number of ether oxygens (including phenoxy) is 1. The van der Waals surface area contributed by atoms with Crippen LogP contribution in [0.1, 0.15) is 46.5 Å². The molecule has 0 unspecified atom stereocenters. The van der Waals surface area contributed by atoms with Crippen LogP contribution in [0.5, 0.6) is 0 Å². The van der Waals surface area contributed by atoms with Gasteiger partial charge in [0.15, 0.2) is 0 Å². The molecular formula is C13H24N2O3. The number of carbonyl (C=O) groups excluding carboxylic acids is 2. The molecule has 0 heterocycles. The SMILES string of the molecule is CN(C)C(=O)C1(NC(=O)OC(C)(C)C)CCCC1. The highest BCUT2D eigenvalue weighted by atomic mass is 16.6. The Bertz CT molecular complexity index is 326. The van der Waals surface area contributed by atoms with Gasteiger partial charge in [-0.05, 0) is 33.6 Å². The number of hydrogen-bond acceptors (Lipinski definition) is 3.